The Morgan fingerprint density at radius 1 is 1.17 bits per heavy atom. The molecule has 1 atom stereocenters. The highest BCUT2D eigenvalue weighted by Crippen LogP contribution is 2.39. The number of rotatable bonds is 6. The van der Waals surface area contributed by atoms with Gasteiger partial charge in [-0.25, -0.2) is 9.97 Å². The molecule has 3 aromatic heterocycles. The fourth-order valence-corrected chi connectivity index (χ4v) is 6.00. The lowest BCUT2D eigenvalue weighted by Crippen LogP contribution is -2.40. The van der Waals surface area contributed by atoms with E-state index in [-0.39, 0.29) is 5.91 Å². The first-order valence-electron chi connectivity index (χ1n) is 11.6. The number of anilines is 1. The lowest BCUT2D eigenvalue weighted by molar-refractivity contribution is -0.126. The van der Waals surface area contributed by atoms with Gasteiger partial charge in [0.15, 0.2) is 17.7 Å². The minimum atomic E-state index is -0.729. The summed E-state index contributed by atoms with van der Waals surface area (Å²) in [7, 11) is 0. The van der Waals surface area contributed by atoms with Crippen molar-refractivity contribution in [2.45, 2.75) is 52.6 Å². The molecule has 0 saturated carbocycles. The zero-order chi connectivity index (χ0) is 24.5. The van der Waals surface area contributed by atoms with E-state index >= 15 is 0 Å². The highest BCUT2D eigenvalue weighted by atomic mass is 35.5. The van der Waals surface area contributed by atoms with Crippen LogP contribution in [0.3, 0.4) is 0 Å². The van der Waals surface area contributed by atoms with Crippen molar-refractivity contribution < 1.29 is 9.53 Å². The van der Waals surface area contributed by atoms with Gasteiger partial charge in [-0.3, -0.25) is 20.6 Å². The predicted molar refractivity (Wildman–Crippen MR) is 140 cm³/mol. The van der Waals surface area contributed by atoms with Gasteiger partial charge in [-0.2, -0.15) is 0 Å². The van der Waals surface area contributed by atoms with Gasteiger partial charge in [-0.05, 0) is 87.4 Å². The summed E-state index contributed by atoms with van der Waals surface area (Å²) in [4.78, 5) is 29.0. The third kappa shape index (κ3) is 4.81. The molecule has 4 aromatic rings. The van der Waals surface area contributed by atoms with Crippen molar-refractivity contribution in [2.75, 3.05) is 5.43 Å². The van der Waals surface area contributed by atoms with E-state index in [0.717, 1.165) is 46.2 Å². The minimum absolute atomic E-state index is 0.308. The molecule has 0 radical (unpaired) electrons. The quantitative estimate of drug-likeness (QED) is 0.320. The molecule has 1 aliphatic carbocycles. The molecule has 0 spiro atoms. The zero-order valence-corrected chi connectivity index (χ0v) is 21.4. The summed E-state index contributed by atoms with van der Waals surface area (Å²) in [5.74, 6) is 1.51. The van der Waals surface area contributed by atoms with E-state index in [9.17, 15) is 4.79 Å². The number of halogens is 1. The Balaban J connectivity index is 1.42. The summed E-state index contributed by atoms with van der Waals surface area (Å²) < 4.78 is 5.99. The predicted octanol–water partition coefficient (Wildman–Crippen LogP) is 5.81. The largest absolute Gasteiger partial charge is 0.480 e. The molecule has 1 aliphatic rings. The number of ether oxygens (including phenoxy) is 1. The van der Waals surface area contributed by atoms with Crippen LogP contribution in [0.15, 0.2) is 36.7 Å². The minimum Gasteiger partial charge on any atom is -0.480 e. The van der Waals surface area contributed by atoms with E-state index < -0.39 is 6.10 Å². The van der Waals surface area contributed by atoms with Crippen LogP contribution in [-0.4, -0.2) is 27.0 Å². The molecule has 2 N–H and O–H groups in total. The van der Waals surface area contributed by atoms with E-state index in [4.69, 9.17) is 26.3 Å². The number of amides is 1. The number of hydrazine groups is 1. The van der Waals surface area contributed by atoms with Gasteiger partial charge in [-0.15, -0.1) is 11.3 Å². The van der Waals surface area contributed by atoms with Gasteiger partial charge in [0.25, 0.3) is 5.91 Å². The Morgan fingerprint density at radius 3 is 2.69 bits per heavy atom. The summed E-state index contributed by atoms with van der Waals surface area (Å²) in [6.45, 7) is 5.54. The number of aryl methyl sites for hydroxylation is 4. The van der Waals surface area contributed by atoms with E-state index in [1.165, 1.54) is 16.9 Å². The van der Waals surface area contributed by atoms with Crippen LogP contribution < -0.4 is 15.6 Å². The molecule has 1 unspecified atom stereocenters. The molecule has 0 saturated heterocycles. The summed E-state index contributed by atoms with van der Waals surface area (Å²) >= 11 is 7.83. The Kier molecular flexibility index (Phi) is 6.58. The Hall–Kier alpha value is -3.23. The number of pyridine rings is 1. The lowest BCUT2D eigenvalue weighted by atomic mass is 9.97. The fourth-order valence-electron chi connectivity index (χ4n) is 4.41. The second-order valence-corrected chi connectivity index (χ2v) is 10.3. The normalized spacial score (nSPS) is 13.8. The molecule has 9 heteroatoms. The van der Waals surface area contributed by atoms with Crippen molar-refractivity contribution in [1.29, 1.82) is 0 Å². The third-order valence-electron chi connectivity index (χ3n) is 6.13. The number of nitrogens with zero attached hydrogens (tertiary/aromatic N) is 3. The molecule has 1 amide bonds. The molecule has 3 heterocycles. The molecule has 0 aliphatic heterocycles. The van der Waals surface area contributed by atoms with Gasteiger partial charge in [0, 0.05) is 27.9 Å². The van der Waals surface area contributed by atoms with Crippen molar-refractivity contribution in [1.82, 2.24) is 20.4 Å². The van der Waals surface area contributed by atoms with Crippen LogP contribution in [0.25, 0.3) is 21.6 Å². The molecule has 35 heavy (non-hydrogen) atoms. The highest BCUT2D eigenvalue weighted by molar-refractivity contribution is 7.19. The SMILES string of the molecule is Cc1cc(Cl)cc(C)c1OC(C)C(=O)NNc1nc(-c2cccnc2)nc2sc3c(c12)CCCC3. The summed E-state index contributed by atoms with van der Waals surface area (Å²) in [5, 5.41) is 1.62. The van der Waals surface area contributed by atoms with E-state index in [1.54, 1.807) is 30.7 Å². The maximum Gasteiger partial charge on any atom is 0.279 e. The highest BCUT2D eigenvalue weighted by Gasteiger charge is 2.23. The Bertz CT molecular complexity index is 1380. The van der Waals surface area contributed by atoms with Crippen LogP contribution >= 0.6 is 22.9 Å². The molecule has 7 nitrogen and oxygen atoms in total. The maximum absolute atomic E-state index is 13.0. The van der Waals surface area contributed by atoms with Crippen molar-refractivity contribution in [2.24, 2.45) is 0 Å². The van der Waals surface area contributed by atoms with E-state index in [0.29, 0.717) is 22.4 Å². The summed E-state index contributed by atoms with van der Waals surface area (Å²) in [6, 6.07) is 7.43. The molecule has 180 valence electrons. The molecular formula is C26H26ClN5O2S. The van der Waals surface area contributed by atoms with Crippen molar-refractivity contribution in [3.05, 3.63) is 63.2 Å². The number of nitrogens with one attached hydrogen (secondary N) is 2. The van der Waals surface area contributed by atoms with Crippen LogP contribution in [0.2, 0.25) is 5.02 Å². The smallest absolute Gasteiger partial charge is 0.279 e. The number of benzene rings is 1. The topological polar surface area (TPSA) is 89.0 Å². The zero-order valence-electron chi connectivity index (χ0n) is 19.8. The van der Waals surface area contributed by atoms with Crippen LogP contribution in [0.5, 0.6) is 5.75 Å². The van der Waals surface area contributed by atoms with Crippen molar-refractivity contribution in [3.63, 3.8) is 0 Å². The number of hydrogen-bond acceptors (Lipinski definition) is 7. The molecule has 0 fully saturated rings. The van der Waals surface area contributed by atoms with Gasteiger partial charge in [0.05, 0.1) is 5.39 Å². The number of aromatic nitrogens is 3. The number of carbonyl (C=O) groups excluding carboxylic acids is 1. The molecule has 0 bridgehead atoms. The van der Waals surface area contributed by atoms with Gasteiger partial charge in [0.1, 0.15) is 10.6 Å². The van der Waals surface area contributed by atoms with Gasteiger partial charge >= 0.3 is 0 Å². The molecule has 5 rings (SSSR count). The fraction of sp³-hybridized carbons (Fsp3) is 0.308. The first-order chi connectivity index (χ1) is 16.9. The van der Waals surface area contributed by atoms with Gasteiger partial charge < -0.3 is 4.74 Å². The standard InChI is InChI=1S/C26H26ClN5O2S/c1-14-11-18(27)12-15(2)22(14)34-16(3)25(33)32-31-24-21-19-8-4-5-9-20(19)35-26(21)30-23(29-24)17-7-6-10-28-13-17/h6-7,10-13,16H,4-5,8-9H2,1-3H3,(H,32,33)(H,29,30,31). The second-order valence-electron chi connectivity index (χ2n) is 8.77. The van der Waals surface area contributed by atoms with Crippen LogP contribution in [0, 0.1) is 13.8 Å². The third-order valence-corrected chi connectivity index (χ3v) is 7.53. The Labute approximate surface area is 212 Å². The number of thiophene rings is 1. The monoisotopic (exact) mass is 507 g/mol. The second kappa shape index (κ2) is 9.79. The average molecular weight is 508 g/mol. The van der Waals surface area contributed by atoms with Crippen molar-refractivity contribution in [3.8, 4) is 17.1 Å². The summed E-state index contributed by atoms with van der Waals surface area (Å²) in [6.07, 6.45) is 7.09. The summed E-state index contributed by atoms with van der Waals surface area (Å²) in [5.41, 5.74) is 9.73. The number of fused-ring (bicyclic) bond motifs is 3. The first kappa shape index (κ1) is 23.5. The Morgan fingerprint density at radius 2 is 1.94 bits per heavy atom. The van der Waals surface area contributed by atoms with Crippen molar-refractivity contribution >= 4 is 44.9 Å². The van der Waals surface area contributed by atoms with Crippen LogP contribution in [0.4, 0.5) is 5.82 Å². The van der Waals surface area contributed by atoms with E-state index in [2.05, 4.69) is 15.8 Å². The average Bonchev–Trinajstić information content (AvgIpc) is 3.23. The van der Waals surface area contributed by atoms with Crippen LogP contribution in [0.1, 0.15) is 41.3 Å². The van der Waals surface area contributed by atoms with Gasteiger partial charge in [0.2, 0.25) is 0 Å². The number of carbonyl (C=O) groups is 1. The lowest BCUT2D eigenvalue weighted by Gasteiger charge is -2.19. The number of hydrogen-bond donors (Lipinski definition) is 2. The maximum atomic E-state index is 13.0. The van der Waals surface area contributed by atoms with E-state index in [1.807, 2.05) is 38.1 Å². The first-order valence-corrected chi connectivity index (χ1v) is 12.8. The molecular weight excluding hydrogens is 482 g/mol. The van der Waals surface area contributed by atoms with Gasteiger partial charge in [-0.1, -0.05) is 11.6 Å². The molecule has 1 aromatic carbocycles. The van der Waals surface area contributed by atoms with Crippen LogP contribution in [-0.2, 0) is 17.6 Å².